The average molecular weight is 391 g/mol. The molecule has 0 spiro atoms. The van der Waals surface area contributed by atoms with Gasteiger partial charge >= 0.3 is 0 Å². The summed E-state index contributed by atoms with van der Waals surface area (Å²) >= 11 is 7.16. The number of hydrogen-bond acceptors (Lipinski definition) is 5. The molecule has 2 aliphatic rings. The molecule has 1 atom stereocenters. The molecule has 0 unspecified atom stereocenters. The van der Waals surface area contributed by atoms with Crippen molar-refractivity contribution in [3.63, 3.8) is 0 Å². The fourth-order valence-corrected chi connectivity index (χ4v) is 4.17. The summed E-state index contributed by atoms with van der Waals surface area (Å²) < 4.78 is 0. The number of rotatable bonds is 4. The van der Waals surface area contributed by atoms with E-state index < -0.39 is 0 Å². The molecule has 1 aromatic heterocycles. The first-order valence-electron chi connectivity index (χ1n) is 8.79. The number of aromatic nitrogens is 2. The summed E-state index contributed by atoms with van der Waals surface area (Å²) in [7, 11) is 0. The van der Waals surface area contributed by atoms with Gasteiger partial charge < -0.3 is 10.2 Å². The zero-order chi connectivity index (χ0) is 18.1. The molecule has 136 valence electrons. The monoisotopic (exact) mass is 390 g/mol. The third-order valence-corrected chi connectivity index (χ3v) is 6.08. The van der Waals surface area contributed by atoms with Gasteiger partial charge in [0.1, 0.15) is 5.01 Å². The number of piperidine rings is 1. The first-order valence-corrected chi connectivity index (χ1v) is 9.98. The van der Waals surface area contributed by atoms with Crippen molar-refractivity contribution in [2.75, 3.05) is 18.4 Å². The van der Waals surface area contributed by atoms with Crippen LogP contribution >= 0.6 is 22.9 Å². The summed E-state index contributed by atoms with van der Waals surface area (Å²) in [5.74, 6) is 0.405. The first kappa shape index (κ1) is 17.4. The van der Waals surface area contributed by atoms with Gasteiger partial charge in [-0.3, -0.25) is 9.59 Å². The van der Waals surface area contributed by atoms with Crippen LogP contribution in [0.1, 0.15) is 46.4 Å². The van der Waals surface area contributed by atoms with Crippen LogP contribution in [0.3, 0.4) is 0 Å². The van der Waals surface area contributed by atoms with Crippen LogP contribution in [0.5, 0.6) is 0 Å². The lowest BCUT2D eigenvalue weighted by Gasteiger charge is -2.31. The zero-order valence-electron chi connectivity index (χ0n) is 14.2. The number of hydrogen-bond donors (Lipinski definition) is 1. The largest absolute Gasteiger partial charge is 0.342 e. The predicted molar refractivity (Wildman–Crippen MR) is 101 cm³/mol. The number of nitrogens with one attached hydrogen (secondary N) is 1. The minimum absolute atomic E-state index is 0.168. The van der Waals surface area contributed by atoms with Crippen molar-refractivity contribution in [2.45, 2.75) is 31.6 Å². The Kier molecular flexibility index (Phi) is 4.91. The molecule has 0 bridgehead atoms. The van der Waals surface area contributed by atoms with Crippen molar-refractivity contribution in [3.05, 3.63) is 39.3 Å². The molecule has 6 nitrogen and oxygen atoms in total. The van der Waals surface area contributed by atoms with Gasteiger partial charge in [0.25, 0.3) is 5.91 Å². The third-order valence-electron chi connectivity index (χ3n) is 4.75. The molecule has 2 amide bonds. The molecule has 0 radical (unpaired) electrons. The molecular formula is C18H19ClN4O2S. The number of likely N-dealkylation sites (tertiary alicyclic amines) is 1. The van der Waals surface area contributed by atoms with E-state index in [9.17, 15) is 9.59 Å². The van der Waals surface area contributed by atoms with E-state index in [1.165, 1.54) is 11.3 Å². The van der Waals surface area contributed by atoms with Crippen LogP contribution in [0.25, 0.3) is 0 Å². The minimum atomic E-state index is -0.280. The van der Waals surface area contributed by atoms with E-state index in [4.69, 9.17) is 11.6 Å². The lowest BCUT2D eigenvalue weighted by Crippen LogP contribution is -2.39. The molecule has 1 saturated heterocycles. The van der Waals surface area contributed by atoms with E-state index in [0.29, 0.717) is 22.3 Å². The maximum absolute atomic E-state index is 12.4. The van der Waals surface area contributed by atoms with Crippen molar-refractivity contribution in [3.8, 4) is 0 Å². The number of nitrogens with zero attached hydrogens (tertiary/aromatic N) is 3. The molecular weight excluding hydrogens is 372 g/mol. The number of halogens is 1. The van der Waals surface area contributed by atoms with Gasteiger partial charge in [-0.1, -0.05) is 22.9 Å². The van der Waals surface area contributed by atoms with E-state index >= 15 is 0 Å². The number of benzene rings is 1. The van der Waals surface area contributed by atoms with Gasteiger partial charge in [0.05, 0.1) is 0 Å². The van der Waals surface area contributed by atoms with Crippen LogP contribution in [0.2, 0.25) is 5.02 Å². The molecule has 1 aliphatic carbocycles. The molecule has 2 aromatic rings. The molecule has 1 aromatic carbocycles. The maximum Gasteiger partial charge on any atom is 0.286 e. The van der Waals surface area contributed by atoms with Crippen LogP contribution in [0, 0.1) is 5.92 Å². The number of carbonyl (C=O) groups excluding carboxylic acids is 2. The Morgan fingerprint density at radius 3 is 2.65 bits per heavy atom. The van der Waals surface area contributed by atoms with Gasteiger partial charge in [-0.05, 0) is 49.9 Å². The van der Waals surface area contributed by atoms with E-state index in [1.54, 1.807) is 24.3 Å². The summed E-state index contributed by atoms with van der Waals surface area (Å²) in [5, 5.41) is 12.8. The fraction of sp³-hybridized carbons (Fsp3) is 0.444. The van der Waals surface area contributed by atoms with Crippen molar-refractivity contribution < 1.29 is 9.59 Å². The van der Waals surface area contributed by atoms with E-state index in [2.05, 4.69) is 15.5 Å². The van der Waals surface area contributed by atoms with E-state index in [1.807, 2.05) is 4.90 Å². The summed E-state index contributed by atoms with van der Waals surface area (Å²) in [4.78, 5) is 26.6. The van der Waals surface area contributed by atoms with Gasteiger partial charge in [-0.2, -0.15) is 0 Å². The summed E-state index contributed by atoms with van der Waals surface area (Å²) in [6, 6.07) is 6.92. The first-order chi connectivity index (χ1) is 12.6. The molecule has 1 saturated carbocycles. The second kappa shape index (κ2) is 7.32. The zero-order valence-corrected chi connectivity index (χ0v) is 15.7. The number of carbonyl (C=O) groups is 2. The predicted octanol–water partition coefficient (Wildman–Crippen LogP) is 3.56. The van der Waals surface area contributed by atoms with Crippen LogP contribution in [-0.2, 0) is 4.79 Å². The Labute approximate surface area is 160 Å². The van der Waals surface area contributed by atoms with Gasteiger partial charge in [-0.15, -0.1) is 10.2 Å². The highest BCUT2D eigenvalue weighted by Crippen LogP contribution is 2.35. The van der Waals surface area contributed by atoms with Gasteiger partial charge in [-0.25, -0.2) is 0 Å². The van der Waals surface area contributed by atoms with Crippen molar-refractivity contribution >= 4 is 40.4 Å². The molecule has 1 aliphatic heterocycles. The highest BCUT2D eigenvalue weighted by Gasteiger charge is 2.36. The van der Waals surface area contributed by atoms with Crippen LogP contribution < -0.4 is 5.32 Å². The highest BCUT2D eigenvalue weighted by molar-refractivity contribution is 7.13. The van der Waals surface area contributed by atoms with Gasteiger partial charge in [0.2, 0.25) is 10.9 Å². The maximum atomic E-state index is 12.4. The second-order valence-corrected chi connectivity index (χ2v) is 8.25. The normalized spacial score (nSPS) is 20.0. The van der Waals surface area contributed by atoms with Crippen LogP contribution in [-0.4, -0.2) is 40.0 Å². The lowest BCUT2D eigenvalue weighted by molar-refractivity contribution is -0.133. The standard InChI is InChI=1S/C18H19ClN4O2S/c19-13-5-7-14(8-6-13)20-15(24)17-22-21-16(26-17)12-2-1-9-23(10-12)18(25)11-3-4-11/h5-8,11-12H,1-4,9-10H2,(H,20,24)/t12-/m0/s1. The fourth-order valence-electron chi connectivity index (χ4n) is 3.18. The van der Waals surface area contributed by atoms with Crippen molar-refractivity contribution in [1.82, 2.24) is 15.1 Å². The summed E-state index contributed by atoms with van der Waals surface area (Å²) in [5.41, 5.74) is 0.662. The summed E-state index contributed by atoms with van der Waals surface area (Å²) in [6.07, 6.45) is 3.98. The molecule has 4 rings (SSSR count). The molecule has 8 heteroatoms. The molecule has 26 heavy (non-hydrogen) atoms. The minimum Gasteiger partial charge on any atom is -0.342 e. The van der Waals surface area contributed by atoms with E-state index in [-0.39, 0.29) is 23.7 Å². The van der Waals surface area contributed by atoms with Crippen molar-refractivity contribution in [2.24, 2.45) is 5.92 Å². The Bertz CT molecular complexity index is 819. The quantitative estimate of drug-likeness (QED) is 0.866. The Hall–Kier alpha value is -1.99. The highest BCUT2D eigenvalue weighted by atomic mass is 35.5. The third kappa shape index (κ3) is 3.88. The van der Waals surface area contributed by atoms with Crippen LogP contribution in [0.15, 0.2) is 24.3 Å². The smallest absolute Gasteiger partial charge is 0.286 e. The van der Waals surface area contributed by atoms with Gasteiger partial charge in [0.15, 0.2) is 0 Å². The SMILES string of the molecule is O=C(Nc1ccc(Cl)cc1)c1nnc([C@H]2CCCN(C(=O)C3CC3)C2)s1. The molecule has 2 heterocycles. The Morgan fingerprint density at radius 2 is 1.92 bits per heavy atom. The lowest BCUT2D eigenvalue weighted by atomic mass is 9.98. The Balaban J connectivity index is 1.41. The van der Waals surface area contributed by atoms with Gasteiger partial charge in [0, 0.05) is 35.6 Å². The second-order valence-electron chi connectivity index (χ2n) is 6.80. The topological polar surface area (TPSA) is 75.2 Å². The van der Waals surface area contributed by atoms with E-state index in [0.717, 1.165) is 37.2 Å². The molecule has 2 fully saturated rings. The summed E-state index contributed by atoms with van der Waals surface area (Å²) in [6.45, 7) is 1.51. The number of amides is 2. The average Bonchev–Trinajstić information content (AvgIpc) is 3.39. The molecule has 1 N–H and O–H groups in total. The van der Waals surface area contributed by atoms with Crippen LogP contribution in [0.4, 0.5) is 5.69 Å². The van der Waals surface area contributed by atoms with Crippen molar-refractivity contribution in [1.29, 1.82) is 0 Å². The number of anilines is 1. The Morgan fingerprint density at radius 1 is 1.15 bits per heavy atom.